The molecule has 2 aromatic rings. The lowest BCUT2D eigenvalue weighted by atomic mass is 10.1. The fourth-order valence-corrected chi connectivity index (χ4v) is 4.76. The van der Waals surface area contributed by atoms with Crippen LogP contribution in [0.15, 0.2) is 42.5 Å². The average Bonchev–Trinajstić information content (AvgIpc) is 2.90. The van der Waals surface area contributed by atoms with Crippen LogP contribution in [0.1, 0.15) is 39.2 Å². The van der Waals surface area contributed by atoms with Gasteiger partial charge in [0.15, 0.2) is 0 Å². The van der Waals surface area contributed by atoms with Crippen molar-refractivity contribution in [2.24, 2.45) is 0 Å². The van der Waals surface area contributed by atoms with Gasteiger partial charge in [0.25, 0.3) is 0 Å². The Hall–Kier alpha value is -3.47. The molecular weight excluding hydrogens is 510 g/mol. The number of nitrogens with zero attached hydrogens (tertiary/aromatic N) is 2. The summed E-state index contributed by atoms with van der Waals surface area (Å²) >= 11 is 0. The number of hydrogen-bond acceptors (Lipinski definition) is 7. The van der Waals surface area contributed by atoms with Gasteiger partial charge in [-0.2, -0.15) is 0 Å². The zero-order valence-corrected chi connectivity index (χ0v) is 24.0. The first-order valence-corrected chi connectivity index (χ1v) is 14.3. The van der Waals surface area contributed by atoms with E-state index in [-0.39, 0.29) is 29.9 Å². The number of amides is 2. The molecule has 0 fully saturated rings. The minimum atomic E-state index is -3.93. The van der Waals surface area contributed by atoms with Crippen LogP contribution in [0.5, 0.6) is 17.2 Å². The summed E-state index contributed by atoms with van der Waals surface area (Å²) in [7, 11) is 0.479. The normalized spacial score (nSPS) is 12.7. The summed E-state index contributed by atoms with van der Waals surface area (Å²) in [5.41, 5.74) is 0.887. The molecule has 0 radical (unpaired) electrons. The number of hydrogen-bond donors (Lipinski definition) is 1. The molecule has 10 nitrogen and oxygen atoms in total. The van der Waals surface area contributed by atoms with Crippen LogP contribution in [0.25, 0.3) is 0 Å². The lowest BCUT2D eigenvalue weighted by Gasteiger charge is -2.33. The van der Waals surface area contributed by atoms with Crippen molar-refractivity contribution in [3.63, 3.8) is 0 Å². The number of carbonyl (C=O) groups excluding carboxylic acids is 2. The molecule has 1 N–H and O–H groups in total. The maximum atomic E-state index is 13.9. The van der Waals surface area contributed by atoms with E-state index in [9.17, 15) is 18.0 Å². The van der Waals surface area contributed by atoms with Crippen LogP contribution < -0.4 is 23.8 Å². The van der Waals surface area contributed by atoms with Crippen LogP contribution in [0.4, 0.5) is 5.69 Å². The Kier molecular flexibility index (Phi) is 11.2. The largest absolute Gasteiger partial charge is 0.497 e. The predicted octanol–water partition coefficient (Wildman–Crippen LogP) is 3.20. The van der Waals surface area contributed by atoms with Crippen molar-refractivity contribution in [1.82, 2.24) is 10.2 Å². The molecule has 0 spiro atoms. The van der Waals surface area contributed by atoms with Crippen LogP contribution in [0.3, 0.4) is 0 Å². The number of nitrogens with one attached hydrogen (secondary N) is 1. The molecule has 2 rings (SSSR count). The maximum Gasteiger partial charge on any atom is 0.244 e. The molecule has 0 aliphatic rings. The highest BCUT2D eigenvalue weighted by Crippen LogP contribution is 2.34. The zero-order valence-electron chi connectivity index (χ0n) is 23.2. The Morgan fingerprint density at radius 3 is 2.16 bits per heavy atom. The fourth-order valence-electron chi connectivity index (χ4n) is 3.91. The molecule has 0 bridgehead atoms. The van der Waals surface area contributed by atoms with Crippen molar-refractivity contribution in [1.29, 1.82) is 0 Å². The quantitative estimate of drug-likeness (QED) is 0.385. The highest BCUT2D eigenvalue weighted by atomic mass is 32.2. The molecule has 0 unspecified atom stereocenters. The first-order chi connectivity index (χ1) is 18.0. The molecule has 0 saturated heterocycles. The minimum absolute atomic E-state index is 0.0787. The molecule has 210 valence electrons. The standard InChI is InChI=1S/C27H39N3O7S/c1-8-19(3)28-27(32)23(9-2)29(17-20-11-10-12-21(15-20)35-4)26(31)18-30(38(7,33)34)24-16-22(36-5)13-14-25(24)37-6/h10-16,19,23H,8-9,17-18H2,1-7H3,(H,28,32)/t19-,23+/m0/s1. The monoisotopic (exact) mass is 549 g/mol. The smallest absolute Gasteiger partial charge is 0.244 e. The highest BCUT2D eigenvalue weighted by Gasteiger charge is 2.33. The number of anilines is 1. The van der Waals surface area contributed by atoms with E-state index in [0.717, 1.165) is 22.5 Å². The molecule has 2 atom stereocenters. The molecule has 2 amide bonds. The number of sulfonamides is 1. The lowest BCUT2D eigenvalue weighted by molar-refractivity contribution is -0.140. The molecule has 0 heterocycles. The van der Waals surface area contributed by atoms with E-state index < -0.39 is 28.5 Å². The van der Waals surface area contributed by atoms with Gasteiger partial charge in [-0.25, -0.2) is 8.42 Å². The molecule has 0 aliphatic heterocycles. The third kappa shape index (κ3) is 8.01. The van der Waals surface area contributed by atoms with E-state index in [0.29, 0.717) is 17.9 Å². The van der Waals surface area contributed by atoms with Crippen molar-refractivity contribution >= 4 is 27.5 Å². The summed E-state index contributed by atoms with van der Waals surface area (Å²) in [6, 6.07) is 11.0. The Morgan fingerprint density at radius 1 is 0.947 bits per heavy atom. The van der Waals surface area contributed by atoms with Crippen LogP contribution in [0.2, 0.25) is 0 Å². The average molecular weight is 550 g/mol. The minimum Gasteiger partial charge on any atom is -0.497 e. The second-order valence-corrected chi connectivity index (χ2v) is 10.8. The Balaban J connectivity index is 2.54. The Bertz CT molecular complexity index is 1200. The number of ether oxygens (including phenoxy) is 3. The van der Waals surface area contributed by atoms with E-state index >= 15 is 0 Å². The van der Waals surface area contributed by atoms with E-state index in [2.05, 4.69) is 5.32 Å². The first kappa shape index (κ1) is 30.8. The Morgan fingerprint density at radius 2 is 1.61 bits per heavy atom. The summed E-state index contributed by atoms with van der Waals surface area (Å²) < 4.78 is 42.8. The molecule has 0 aliphatic carbocycles. The van der Waals surface area contributed by atoms with Crippen LogP contribution >= 0.6 is 0 Å². The first-order valence-electron chi connectivity index (χ1n) is 12.4. The second-order valence-electron chi connectivity index (χ2n) is 8.92. The third-order valence-electron chi connectivity index (χ3n) is 6.21. The zero-order chi connectivity index (χ0) is 28.5. The van der Waals surface area contributed by atoms with Crippen molar-refractivity contribution in [3.05, 3.63) is 48.0 Å². The lowest BCUT2D eigenvalue weighted by Crippen LogP contribution is -2.53. The van der Waals surface area contributed by atoms with Crippen molar-refractivity contribution in [2.75, 3.05) is 38.4 Å². The van der Waals surface area contributed by atoms with Crippen LogP contribution in [0, 0.1) is 0 Å². The van der Waals surface area contributed by atoms with Gasteiger partial charge in [0, 0.05) is 18.7 Å². The van der Waals surface area contributed by atoms with Gasteiger partial charge >= 0.3 is 0 Å². The van der Waals surface area contributed by atoms with Gasteiger partial charge in [0.05, 0.1) is 33.3 Å². The third-order valence-corrected chi connectivity index (χ3v) is 7.33. The fraction of sp³-hybridized carbons (Fsp3) is 0.481. The van der Waals surface area contributed by atoms with Crippen LogP contribution in [-0.4, -0.2) is 71.3 Å². The van der Waals surface area contributed by atoms with Gasteiger partial charge in [0.2, 0.25) is 21.8 Å². The number of methoxy groups -OCH3 is 3. The van der Waals surface area contributed by atoms with Crippen molar-refractivity contribution < 1.29 is 32.2 Å². The second kappa shape index (κ2) is 13.9. The van der Waals surface area contributed by atoms with E-state index in [1.54, 1.807) is 37.4 Å². The highest BCUT2D eigenvalue weighted by molar-refractivity contribution is 7.92. The van der Waals surface area contributed by atoms with Gasteiger partial charge < -0.3 is 24.4 Å². The summed E-state index contributed by atoms with van der Waals surface area (Å²) in [4.78, 5) is 28.5. The molecule has 11 heteroatoms. The molecule has 0 aromatic heterocycles. The summed E-state index contributed by atoms with van der Waals surface area (Å²) in [6.07, 6.45) is 2.07. The van der Waals surface area contributed by atoms with Crippen LogP contribution in [-0.2, 0) is 26.2 Å². The summed E-state index contributed by atoms with van der Waals surface area (Å²) in [6.45, 7) is 5.19. The van der Waals surface area contributed by atoms with Gasteiger partial charge in [-0.3, -0.25) is 13.9 Å². The Labute approximate surface area is 225 Å². The van der Waals surface area contributed by atoms with Gasteiger partial charge in [-0.05, 0) is 49.6 Å². The van der Waals surface area contributed by atoms with Gasteiger partial charge in [0.1, 0.15) is 29.8 Å². The molecular formula is C27H39N3O7S. The van der Waals surface area contributed by atoms with Gasteiger partial charge in [-0.1, -0.05) is 26.0 Å². The number of carbonyl (C=O) groups is 2. The topological polar surface area (TPSA) is 114 Å². The predicted molar refractivity (Wildman–Crippen MR) is 147 cm³/mol. The molecule has 2 aromatic carbocycles. The maximum absolute atomic E-state index is 13.9. The SMILES string of the molecule is CC[C@H](C(=O)N[C@@H](C)CC)N(Cc1cccc(OC)c1)C(=O)CN(c1cc(OC)ccc1OC)S(C)(=O)=O. The molecule has 38 heavy (non-hydrogen) atoms. The van der Waals surface area contributed by atoms with Gasteiger partial charge in [-0.15, -0.1) is 0 Å². The van der Waals surface area contributed by atoms with E-state index in [1.165, 1.54) is 25.2 Å². The summed E-state index contributed by atoms with van der Waals surface area (Å²) in [5, 5.41) is 2.95. The van der Waals surface area contributed by atoms with E-state index in [4.69, 9.17) is 14.2 Å². The van der Waals surface area contributed by atoms with Crippen molar-refractivity contribution in [3.8, 4) is 17.2 Å². The van der Waals surface area contributed by atoms with E-state index in [1.807, 2.05) is 26.8 Å². The number of benzene rings is 2. The van der Waals surface area contributed by atoms with Crippen molar-refractivity contribution in [2.45, 2.75) is 52.2 Å². The summed E-state index contributed by atoms with van der Waals surface area (Å²) in [5.74, 6) is 0.405. The number of rotatable bonds is 14. The molecule has 0 saturated carbocycles.